The fourth-order valence-electron chi connectivity index (χ4n) is 2.53. The molecule has 20 heavy (non-hydrogen) atoms. The minimum Gasteiger partial charge on any atom is -0.456 e. The monoisotopic (exact) mass is 260 g/mol. The van der Waals surface area contributed by atoms with Crippen LogP contribution in [0.5, 0.6) is 11.5 Å². The Hall–Kier alpha value is -2.54. The van der Waals surface area contributed by atoms with Crippen LogP contribution in [0.2, 0.25) is 0 Å². The molecule has 2 aromatic rings. The first-order valence-corrected chi connectivity index (χ1v) is 6.71. The summed E-state index contributed by atoms with van der Waals surface area (Å²) < 4.78 is 6.09. The van der Waals surface area contributed by atoms with Crippen LogP contribution in [0.1, 0.15) is 18.1 Å². The summed E-state index contributed by atoms with van der Waals surface area (Å²) in [7, 11) is 0. The van der Waals surface area contributed by atoms with E-state index < -0.39 is 0 Å². The van der Waals surface area contributed by atoms with Gasteiger partial charge in [0.15, 0.2) is 0 Å². The minimum atomic E-state index is 0.870. The van der Waals surface area contributed by atoms with Crippen molar-refractivity contribution in [2.24, 2.45) is 0 Å². The lowest BCUT2D eigenvalue weighted by molar-refractivity contribution is 0.481. The molecule has 0 atom stereocenters. The van der Waals surface area contributed by atoms with E-state index in [1.807, 2.05) is 55.5 Å². The maximum absolute atomic E-state index is 6.09. The SMILES string of the molecule is C=CC1=C(/C=C\C)c2ccccc2Oc2ccccc21. The maximum atomic E-state index is 6.09. The van der Waals surface area contributed by atoms with Crippen LogP contribution in [0, 0.1) is 0 Å². The molecule has 1 aliphatic heterocycles. The van der Waals surface area contributed by atoms with Gasteiger partial charge in [-0.05, 0) is 30.2 Å². The fraction of sp³-hybridized carbons (Fsp3) is 0.0526. The summed E-state index contributed by atoms with van der Waals surface area (Å²) in [5.74, 6) is 1.75. The van der Waals surface area contributed by atoms with Crippen molar-refractivity contribution < 1.29 is 4.74 Å². The molecule has 0 fully saturated rings. The van der Waals surface area contributed by atoms with Crippen molar-refractivity contribution in [1.29, 1.82) is 0 Å². The van der Waals surface area contributed by atoms with E-state index in [1.165, 1.54) is 0 Å². The molecule has 1 heteroatoms. The number of allylic oxidation sites excluding steroid dienone is 5. The van der Waals surface area contributed by atoms with E-state index >= 15 is 0 Å². The van der Waals surface area contributed by atoms with Crippen molar-refractivity contribution in [1.82, 2.24) is 0 Å². The lowest BCUT2D eigenvalue weighted by Gasteiger charge is -2.08. The van der Waals surface area contributed by atoms with Crippen molar-refractivity contribution in [3.05, 3.63) is 84.5 Å². The van der Waals surface area contributed by atoms with Crippen LogP contribution < -0.4 is 4.74 Å². The zero-order valence-corrected chi connectivity index (χ0v) is 11.5. The Morgan fingerprint density at radius 3 is 1.95 bits per heavy atom. The summed E-state index contributed by atoms with van der Waals surface area (Å²) in [5, 5.41) is 0. The summed E-state index contributed by atoms with van der Waals surface area (Å²) in [6.45, 7) is 6.00. The van der Waals surface area contributed by atoms with Crippen molar-refractivity contribution in [3.63, 3.8) is 0 Å². The molecule has 2 aromatic carbocycles. The van der Waals surface area contributed by atoms with Gasteiger partial charge in [-0.3, -0.25) is 0 Å². The van der Waals surface area contributed by atoms with Crippen LogP contribution in [-0.4, -0.2) is 0 Å². The Kier molecular flexibility index (Phi) is 3.26. The standard InChI is InChI=1S/C19H16O/c1-3-9-15-14(4-2)16-10-5-7-12-18(16)20-19-13-8-6-11-17(15)19/h3-13H,2H2,1H3/b9-3-. The first-order chi connectivity index (χ1) is 9.85. The maximum Gasteiger partial charge on any atom is 0.135 e. The Morgan fingerprint density at radius 2 is 1.40 bits per heavy atom. The molecule has 0 spiro atoms. The molecule has 0 aliphatic carbocycles. The summed E-state index contributed by atoms with van der Waals surface area (Å²) in [4.78, 5) is 0. The van der Waals surface area contributed by atoms with E-state index in [1.54, 1.807) is 0 Å². The van der Waals surface area contributed by atoms with E-state index in [-0.39, 0.29) is 0 Å². The van der Waals surface area contributed by atoms with Gasteiger partial charge in [-0.25, -0.2) is 0 Å². The van der Waals surface area contributed by atoms with Gasteiger partial charge in [-0.1, -0.05) is 61.2 Å². The van der Waals surface area contributed by atoms with E-state index in [4.69, 9.17) is 4.74 Å². The predicted octanol–water partition coefficient (Wildman–Crippen LogP) is 5.47. The predicted molar refractivity (Wildman–Crippen MR) is 84.8 cm³/mol. The van der Waals surface area contributed by atoms with Gasteiger partial charge in [-0.2, -0.15) is 0 Å². The van der Waals surface area contributed by atoms with Gasteiger partial charge in [0.25, 0.3) is 0 Å². The van der Waals surface area contributed by atoms with Gasteiger partial charge in [0.05, 0.1) is 0 Å². The van der Waals surface area contributed by atoms with Crippen LogP contribution in [0.4, 0.5) is 0 Å². The highest BCUT2D eigenvalue weighted by molar-refractivity contribution is 6.02. The van der Waals surface area contributed by atoms with E-state index in [2.05, 4.69) is 24.8 Å². The molecule has 0 bridgehead atoms. The van der Waals surface area contributed by atoms with E-state index in [9.17, 15) is 0 Å². The van der Waals surface area contributed by atoms with Crippen molar-refractivity contribution in [2.75, 3.05) is 0 Å². The summed E-state index contributed by atoms with van der Waals surface area (Å²) in [6.07, 6.45) is 6.06. The summed E-state index contributed by atoms with van der Waals surface area (Å²) in [5.41, 5.74) is 4.41. The fourth-order valence-corrected chi connectivity index (χ4v) is 2.53. The van der Waals surface area contributed by atoms with Crippen LogP contribution in [-0.2, 0) is 0 Å². The van der Waals surface area contributed by atoms with Crippen molar-refractivity contribution >= 4 is 11.1 Å². The average Bonchev–Trinajstić information content (AvgIpc) is 2.62. The molecule has 0 radical (unpaired) electrons. The third-order valence-corrected chi connectivity index (χ3v) is 3.40. The second-order valence-electron chi connectivity index (χ2n) is 4.63. The molecule has 3 rings (SSSR count). The number of fused-ring (bicyclic) bond motifs is 2. The molecule has 0 amide bonds. The van der Waals surface area contributed by atoms with Gasteiger partial charge < -0.3 is 4.74 Å². The van der Waals surface area contributed by atoms with Crippen molar-refractivity contribution in [3.8, 4) is 11.5 Å². The third kappa shape index (κ3) is 1.97. The number of para-hydroxylation sites is 2. The smallest absolute Gasteiger partial charge is 0.135 e. The number of hydrogen-bond acceptors (Lipinski definition) is 1. The second kappa shape index (κ2) is 5.22. The van der Waals surface area contributed by atoms with Crippen molar-refractivity contribution in [2.45, 2.75) is 6.92 Å². The highest BCUT2D eigenvalue weighted by Crippen LogP contribution is 2.42. The average molecular weight is 260 g/mol. The quantitative estimate of drug-likeness (QED) is 0.696. The topological polar surface area (TPSA) is 9.23 Å². The molecule has 1 nitrogen and oxygen atoms in total. The molecule has 1 heterocycles. The summed E-state index contributed by atoms with van der Waals surface area (Å²) >= 11 is 0. The first-order valence-electron chi connectivity index (χ1n) is 6.71. The lowest BCUT2D eigenvalue weighted by atomic mass is 9.94. The molecule has 0 unspecified atom stereocenters. The third-order valence-electron chi connectivity index (χ3n) is 3.40. The number of benzene rings is 2. The van der Waals surface area contributed by atoms with Crippen LogP contribution in [0.3, 0.4) is 0 Å². The zero-order chi connectivity index (χ0) is 13.9. The highest BCUT2D eigenvalue weighted by Gasteiger charge is 2.19. The summed E-state index contributed by atoms with van der Waals surface area (Å²) in [6, 6.07) is 16.2. The zero-order valence-electron chi connectivity index (χ0n) is 11.5. The van der Waals surface area contributed by atoms with E-state index in [0.29, 0.717) is 0 Å². The highest BCUT2D eigenvalue weighted by atomic mass is 16.5. The normalized spacial score (nSPS) is 13.4. The molecule has 1 aliphatic rings. The van der Waals surface area contributed by atoms with Gasteiger partial charge in [0.2, 0.25) is 0 Å². The molecule has 0 N–H and O–H groups in total. The van der Waals surface area contributed by atoms with Gasteiger partial charge >= 0.3 is 0 Å². The molecular weight excluding hydrogens is 244 g/mol. The van der Waals surface area contributed by atoms with Gasteiger partial charge in [-0.15, -0.1) is 0 Å². The van der Waals surface area contributed by atoms with Crippen LogP contribution >= 0.6 is 0 Å². The number of hydrogen-bond donors (Lipinski definition) is 0. The first kappa shape index (κ1) is 12.5. The second-order valence-corrected chi connectivity index (χ2v) is 4.63. The molecule has 0 saturated heterocycles. The largest absolute Gasteiger partial charge is 0.456 e. The molecule has 0 aromatic heterocycles. The van der Waals surface area contributed by atoms with Gasteiger partial charge in [0.1, 0.15) is 11.5 Å². The van der Waals surface area contributed by atoms with Gasteiger partial charge in [0, 0.05) is 11.1 Å². The molecule has 98 valence electrons. The number of ether oxygens (including phenoxy) is 1. The van der Waals surface area contributed by atoms with Crippen LogP contribution in [0.15, 0.2) is 73.3 Å². The lowest BCUT2D eigenvalue weighted by Crippen LogP contribution is -1.87. The number of rotatable bonds is 2. The van der Waals surface area contributed by atoms with Crippen LogP contribution in [0.25, 0.3) is 11.1 Å². The van der Waals surface area contributed by atoms with E-state index in [0.717, 1.165) is 33.8 Å². The minimum absolute atomic E-state index is 0.870. The Morgan fingerprint density at radius 1 is 0.850 bits per heavy atom. The Labute approximate surface area is 119 Å². The Balaban J connectivity index is 2.39. The molecular formula is C19H16O. The Bertz CT molecular complexity index is 720. The molecule has 0 saturated carbocycles.